The Bertz CT molecular complexity index is 214. The molecule has 0 amide bonds. The minimum Gasteiger partial charge on any atom is -0.161 e. The molecule has 0 aromatic carbocycles. The molecule has 0 nitrogen and oxygen atoms in total. The van der Waals surface area contributed by atoms with Crippen molar-refractivity contribution in [2.24, 2.45) is 0 Å². The van der Waals surface area contributed by atoms with E-state index >= 15 is 0 Å². The quantitative estimate of drug-likeness (QED) is 0.305. The molecule has 0 aliphatic carbocycles. The van der Waals surface area contributed by atoms with Crippen LogP contribution in [0, 0.1) is 0 Å². The van der Waals surface area contributed by atoms with E-state index in [2.05, 4.69) is 50.5 Å². The molecule has 0 aromatic heterocycles. The molecular weight excluding hydrogens is 308 g/mol. The molecular formula is C15H28S4. The molecule has 0 N–H and O–H groups in total. The standard InChI is InChI=1S/C15H28S4/c1-14(2)12-18-10-8-16-6-5-7-17-9-11-19-13-15(3)4/h1,3,5-13H2,2,4H3. The Labute approximate surface area is 137 Å². The lowest BCUT2D eigenvalue weighted by molar-refractivity contribution is 1.12. The van der Waals surface area contributed by atoms with Gasteiger partial charge in [0, 0.05) is 34.5 Å². The second kappa shape index (κ2) is 15.3. The Morgan fingerprint density at radius 1 is 0.632 bits per heavy atom. The SMILES string of the molecule is C=C(C)CSCCSCCCSCCSCC(=C)C. The van der Waals surface area contributed by atoms with Crippen LogP contribution in [0.4, 0.5) is 0 Å². The van der Waals surface area contributed by atoms with Crippen molar-refractivity contribution in [3.63, 3.8) is 0 Å². The van der Waals surface area contributed by atoms with Crippen LogP contribution in [0.1, 0.15) is 20.3 Å². The molecule has 0 spiro atoms. The maximum Gasteiger partial charge on any atom is 0.0138 e. The predicted octanol–water partition coefficient (Wildman–Crippen LogP) is 5.46. The molecule has 0 saturated carbocycles. The van der Waals surface area contributed by atoms with Crippen LogP contribution in [-0.4, -0.2) is 46.0 Å². The summed E-state index contributed by atoms with van der Waals surface area (Å²) in [6.45, 7) is 12.0. The largest absolute Gasteiger partial charge is 0.161 e. The average molecular weight is 337 g/mol. The van der Waals surface area contributed by atoms with E-state index in [0.717, 1.165) is 11.5 Å². The van der Waals surface area contributed by atoms with Gasteiger partial charge in [0.25, 0.3) is 0 Å². The van der Waals surface area contributed by atoms with Gasteiger partial charge in [-0.15, -0.1) is 0 Å². The topological polar surface area (TPSA) is 0 Å². The van der Waals surface area contributed by atoms with Crippen LogP contribution < -0.4 is 0 Å². The maximum absolute atomic E-state index is 3.92. The van der Waals surface area contributed by atoms with Crippen molar-refractivity contribution in [1.29, 1.82) is 0 Å². The highest BCUT2D eigenvalue weighted by atomic mass is 32.2. The van der Waals surface area contributed by atoms with Gasteiger partial charge in [0.05, 0.1) is 0 Å². The summed E-state index contributed by atoms with van der Waals surface area (Å²) in [4.78, 5) is 0. The van der Waals surface area contributed by atoms with Crippen molar-refractivity contribution in [3.05, 3.63) is 24.3 Å². The third-order valence-corrected chi connectivity index (χ3v) is 7.05. The van der Waals surface area contributed by atoms with Crippen molar-refractivity contribution in [2.75, 3.05) is 46.0 Å². The summed E-state index contributed by atoms with van der Waals surface area (Å²) in [5.41, 5.74) is 2.58. The highest BCUT2D eigenvalue weighted by molar-refractivity contribution is 8.03. The summed E-state index contributed by atoms with van der Waals surface area (Å²) in [5, 5.41) is 0. The fourth-order valence-electron chi connectivity index (χ4n) is 1.20. The Morgan fingerprint density at radius 3 is 1.37 bits per heavy atom. The molecule has 0 saturated heterocycles. The molecule has 0 rings (SSSR count). The van der Waals surface area contributed by atoms with E-state index in [9.17, 15) is 0 Å². The molecule has 4 heteroatoms. The van der Waals surface area contributed by atoms with Gasteiger partial charge in [-0.1, -0.05) is 24.3 Å². The van der Waals surface area contributed by atoms with Crippen LogP contribution in [0.3, 0.4) is 0 Å². The lowest BCUT2D eigenvalue weighted by Crippen LogP contribution is -1.93. The Hall–Kier alpha value is 0.880. The van der Waals surface area contributed by atoms with E-state index in [1.54, 1.807) is 0 Å². The molecule has 112 valence electrons. The van der Waals surface area contributed by atoms with Crippen LogP contribution in [-0.2, 0) is 0 Å². The first-order chi connectivity index (χ1) is 9.13. The van der Waals surface area contributed by atoms with Crippen molar-refractivity contribution in [3.8, 4) is 0 Å². The van der Waals surface area contributed by atoms with Gasteiger partial charge in [-0.25, -0.2) is 0 Å². The summed E-state index contributed by atoms with van der Waals surface area (Å²) >= 11 is 8.20. The lowest BCUT2D eigenvalue weighted by Gasteiger charge is -2.03. The summed E-state index contributed by atoms with van der Waals surface area (Å²) in [6.07, 6.45) is 1.35. The average Bonchev–Trinajstić information content (AvgIpc) is 2.34. The first-order valence-electron chi connectivity index (χ1n) is 6.72. The molecule has 0 atom stereocenters. The zero-order valence-electron chi connectivity index (χ0n) is 12.4. The van der Waals surface area contributed by atoms with Gasteiger partial charge in [-0.05, 0) is 31.8 Å². The van der Waals surface area contributed by atoms with Gasteiger partial charge >= 0.3 is 0 Å². The summed E-state index contributed by atoms with van der Waals surface area (Å²) in [7, 11) is 0. The van der Waals surface area contributed by atoms with Gasteiger partial charge in [0.15, 0.2) is 0 Å². The van der Waals surface area contributed by atoms with E-state index in [-0.39, 0.29) is 0 Å². The van der Waals surface area contributed by atoms with Crippen molar-refractivity contribution in [1.82, 2.24) is 0 Å². The molecule has 0 unspecified atom stereocenters. The van der Waals surface area contributed by atoms with E-state index < -0.39 is 0 Å². The van der Waals surface area contributed by atoms with Gasteiger partial charge in [0.1, 0.15) is 0 Å². The second-order valence-electron chi connectivity index (χ2n) is 4.60. The first kappa shape index (κ1) is 19.9. The third kappa shape index (κ3) is 18.9. The van der Waals surface area contributed by atoms with Crippen LogP contribution >= 0.6 is 47.0 Å². The number of hydrogen-bond acceptors (Lipinski definition) is 4. The molecule has 0 aromatic rings. The van der Waals surface area contributed by atoms with Crippen LogP contribution in [0.5, 0.6) is 0 Å². The minimum atomic E-state index is 1.12. The smallest absolute Gasteiger partial charge is 0.0138 e. The summed E-state index contributed by atoms with van der Waals surface area (Å²) < 4.78 is 0. The number of rotatable bonds is 14. The molecule has 0 aliphatic rings. The van der Waals surface area contributed by atoms with Crippen LogP contribution in [0.15, 0.2) is 24.3 Å². The second-order valence-corrected chi connectivity index (χ2v) is 9.26. The van der Waals surface area contributed by atoms with E-state index in [1.165, 1.54) is 52.1 Å². The maximum atomic E-state index is 3.92. The minimum absolute atomic E-state index is 1.12. The molecule has 0 bridgehead atoms. The summed E-state index contributed by atoms with van der Waals surface area (Å²) in [6, 6.07) is 0. The fourth-order valence-corrected chi connectivity index (χ4v) is 5.35. The van der Waals surface area contributed by atoms with Gasteiger partial charge in [0.2, 0.25) is 0 Å². The fraction of sp³-hybridized carbons (Fsp3) is 0.733. The Morgan fingerprint density at radius 2 is 1.00 bits per heavy atom. The van der Waals surface area contributed by atoms with E-state index in [4.69, 9.17) is 0 Å². The van der Waals surface area contributed by atoms with Crippen molar-refractivity contribution < 1.29 is 0 Å². The number of hydrogen-bond donors (Lipinski definition) is 0. The molecule has 0 radical (unpaired) electrons. The van der Waals surface area contributed by atoms with Crippen molar-refractivity contribution >= 4 is 47.0 Å². The van der Waals surface area contributed by atoms with Crippen LogP contribution in [0.2, 0.25) is 0 Å². The van der Waals surface area contributed by atoms with Crippen molar-refractivity contribution in [2.45, 2.75) is 20.3 Å². The highest BCUT2D eigenvalue weighted by Gasteiger charge is 1.94. The normalized spacial score (nSPS) is 10.6. The number of thioether (sulfide) groups is 4. The third-order valence-electron chi connectivity index (χ3n) is 2.02. The molecule has 0 aliphatic heterocycles. The Kier molecular flexibility index (Phi) is 16.0. The first-order valence-corrected chi connectivity index (χ1v) is 11.3. The zero-order valence-corrected chi connectivity index (χ0v) is 15.7. The van der Waals surface area contributed by atoms with E-state index in [1.807, 2.05) is 23.5 Å². The van der Waals surface area contributed by atoms with Gasteiger partial charge in [-0.2, -0.15) is 47.0 Å². The molecule has 0 fully saturated rings. The monoisotopic (exact) mass is 336 g/mol. The lowest BCUT2D eigenvalue weighted by atomic mass is 10.4. The zero-order chi connectivity index (χ0) is 14.3. The summed E-state index contributed by atoms with van der Waals surface area (Å²) in [5.74, 6) is 9.99. The molecule has 19 heavy (non-hydrogen) atoms. The van der Waals surface area contributed by atoms with Gasteiger partial charge in [-0.3, -0.25) is 0 Å². The highest BCUT2D eigenvalue weighted by Crippen LogP contribution is 2.14. The van der Waals surface area contributed by atoms with E-state index in [0.29, 0.717) is 0 Å². The van der Waals surface area contributed by atoms with Gasteiger partial charge < -0.3 is 0 Å². The predicted molar refractivity (Wildman–Crippen MR) is 104 cm³/mol. The molecule has 0 heterocycles. The van der Waals surface area contributed by atoms with Crippen LogP contribution in [0.25, 0.3) is 0 Å². The Balaban J connectivity index is 2.99.